The maximum atomic E-state index is 12.4. The molecule has 5 nitrogen and oxygen atoms in total. The van der Waals surface area contributed by atoms with Crippen molar-refractivity contribution >= 4 is 16.8 Å². The van der Waals surface area contributed by atoms with E-state index in [1.807, 2.05) is 43.3 Å². The second kappa shape index (κ2) is 6.69. The van der Waals surface area contributed by atoms with E-state index in [1.165, 1.54) is 5.56 Å². The number of ether oxygens (including phenoxy) is 1. The number of nitrogens with one attached hydrogen (secondary N) is 1. The Labute approximate surface area is 146 Å². The molecule has 5 heteroatoms. The standard InChI is InChI=1S/C20H20N2O3/c1-13-4-6-14(7-5-13)19-17-11-15(8-9-18(17)22-25-19)20(23)21-12-16-3-2-10-24-16/h4-9,11,16H,2-3,10,12H2,1H3,(H,21,23). The van der Waals surface area contributed by atoms with E-state index in [1.54, 1.807) is 6.07 Å². The van der Waals surface area contributed by atoms with Crippen molar-refractivity contribution < 1.29 is 14.1 Å². The lowest BCUT2D eigenvalue weighted by atomic mass is 10.0. The van der Waals surface area contributed by atoms with Gasteiger partial charge in [0.05, 0.1) is 11.5 Å². The number of aromatic nitrogens is 1. The first-order chi connectivity index (χ1) is 12.2. The van der Waals surface area contributed by atoms with Crippen LogP contribution in [0.2, 0.25) is 0 Å². The molecule has 0 bridgehead atoms. The van der Waals surface area contributed by atoms with Gasteiger partial charge in [0.15, 0.2) is 5.76 Å². The molecule has 1 saturated heterocycles. The molecule has 1 N–H and O–H groups in total. The molecule has 1 unspecified atom stereocenters. The Kier molecular flexibility index (Phi) is 4.24. The van der Waals surface area contributed by atoms with Crippen molar-refractivity contribution in [3.05, 3.63) is 53.6 Å². The van der Waals surface area contributed by atoms with Gasteiger partial charge in [-0.3, -0.25) is 4.79 Å². The molecular formula is C20H20N2O3. The summed E-state index contributed by atoms with van der Waals surface area (Å²) < 4.78 is 11.1. The van der Waals surface area contributed by atoms with Crippen LogP contribution in [0.4, 0.5) is 0 Å². The van der Waals surface area contributed by atoms with Crippen LogP contribution < -0.4 is 5.32 Å². The number of hydrogen-bond donors (Lipinski definition) is 1. The van der Waals surface area contributed by atoms with E-state index in [-0.39, 0.29) is 12.0 Å². The van der Waals surface area contributed by atoms with E-state index in [0.29, 0.717) is 17.9 Å². The fraction of sp³-hybridized carbons (Fsp3) is 0.300. The summed E-state index contributed by atoms with van der Waals surface area (Å²) >= 11 is 0. The number of benzene rings is 2. The van der Waals surface area contributed by atoms with Crippen LogP contribution in [0.25, 0.3) is 22.2 Å². The number of rotatable bonds is 4. The summed E-state index contributed by atoms with van der Waals surface area (Å²) in [4.78, 5) is 12.4. The molecule has 1 fully saturated rings. The minimum Gasteiger partial charge on any atom is -0.376 e. The lowest BCUT2D eigenvalue weighted by Crippen LogP contribution is -2.31. The first-order valence-corrected chi connectivity index (χ1v) is 8.57. The van der Waals surface area contributed by atoms with Crippen molar-refractivity contribution in [2.45, 2.75) is 25.9 Å². The fourth-order valence-corrected chi connectivity index (χ4v) is 3.11. The Hall–Kier alpha value is -2.66. The molecule has 2 heterocycles. The lowest BCUT2D eigenvalue weighted by molar-refractivity contribution is 0.0858. The first-order valence-electron chi connectivity index (χ1n) is 8.57. The highest BCUT2D eigenvalue weighted by Gasteiger charge is 2.18. The number of amides is 1. The largest absolute Gasteiger partial charge is 0.376 e. The van der Waals surface area contributed by atoms with Crippen LogP contribution in [0.15, 0.2) is 47.0 Å². The molecule has 1 aromatic heterocycles. The van der Waals surface area contributed by atoms with Crippen molar-refractivity contribution in [2.75, 3.05) is 13.2 Å². The van der Waals surface area contributed by atoms with Gasteiger partial charge in [0.25, 0.3) is 5.91 Å². The molecule has 1 aliphatic heterocycles. The van der Waals surface area contributed by atoms with Crippen molar-refractivity contribution in [1.29, 1.82) is 0 Å². The molecule has 128 valence electrons. The fourth-order valence-electron chi connectivity index (χ4n) is 3.11. The minimum absolute atomic E-state index is 0.103. The smallest absolute Gasteiger partial charge is 0.251 e. The molecule has 2 aromatic carbocycles. The van der Waals surface area contributed by atoms with Gasteiger partial charge in [0.2, 0.25) is 0 Å². The molecule has 1 amide bonds. The Morgan fingerprint density at radius 1 is 1.24 bits per heavy atom. The topological polar surface area (TPSA) is 64.4 Å². The maximum absolute atomic E-state index is 12.4. The molecule has 0 radical (unpaired) electrons. The summed E-state index contributed by atoms with van der Waals surface area (Å²) in [5, 5.41) is 7.89. The van der Waals surface area contributed by atoms with Crippen LogP contribution in [0.3, 0.4) is 0 Å². The monoisotopic (exact) mass is 336 g/mol. The van der Waals surface area contributed by atoms with E-state index in [0.717, 1.165) is 35.9 Å². The highest BCUT2D eigenvalue weighted by Crippen LogP contribution is 2.29. The second-order valence-electron chi connectivity index (χ2n) is 6.45. The van der Waals surface area contributed by atoms with Crippen LogP contribution in [-0.4, -0.2) is 30.3 Å². The van der Waals surface area contributed by atoms with Crippen LogP contribution in [0.5, 0.6) is 0 Å². The summed E-state index contributed by atoms with van der Waals surface area (Å²) in [5.74, 6) is 0.581. The highest BCUT2D eigenvalue weighted by atomic mass is 16.5. The number of aryl methyl sites for hydroxylation is 1. The third-order valence-corrected chi connectivity index (χ3v) is 4.57. The van der Waals surface area contributed by atoms with Gasteiger partial charge in [-0.1, -0.05) is 35.0 Å². The molecule has 0 aliphatic carbocycles. The quantitative estimate of drug-likeness (QED) is 0.789. The lowest BCUT2D eigenvalue weighted by Gasteiger charge is -2.10. The van der Waals surface area contributed by atoms with Gasteiger partial charge in [-0.2, -0.15) is 0 Å². The predicted molar refractivity (Wildman–Crippen MR) is 95.5 cm³/mol. The number of carbonyl (C=O) groups is 1. The van der Waals surface area contributed by atoms with E-state index in [4.69, 9.17) is 9.26 Å². The molecular weight excluding hydrogens is 316 g/mol. The number of fused-ring (bicyclic) bond motifs is 1. The zero-order valence-electron chi connectivity index (χ0n) is 14.1. The summed E-state index contributed by atoms with van der Waals surface area (Å²) in [6.45, 7) is 3.37. The van der Waals surface area contributed by atoms with Crippen LogP contribution >= 0.6 is 0 Å². The van der Waals surface area contributed by atoms with Crippen LogP contribution in [-0.2, 0) is 4.74 Å². The first kappa shape index (κ1) is 15.8. The summed E-state index contributed by atoms with van der Waals surface area (Å²) in [6, 6.07) is 13.5. The zero-order chi connectivity index (χ0) is 17.2. The number of hydrogen-bond acceptors (Lipinski definition) is 4. The molecule has 3 aromatic rings. The van der Waals surface area contributed by atoms with Gasteiger partial charge in [-0.25, -0.2) is 0 Å². The highest BCUT2D eigenvalue weighted by molar-refractivity contribution is 6.01. The SMILES string of the molecule is Cc1ccc(-c2onc3ccc(C(=O)NCC4CCCO4)cc23)cc1. The van der Waals surface area contributed by atoms with Gasteiger partial charge in [-0.05, 0) is 38.0 Å². The molecule has 4 rings (SSSR count). The Morgan fingerprint density at radius 3 is 2.84 bits per heavy atom. The average Bonchev–Trinajstić information content (AvgIpc) is 3.29. The third kappa shape index (κ3) is 3.28. The predicted octanol–water partition coefficient (Wildman–Crippen LogP) is 3.71. The van der Waals surface area contributed by atoms with Gasteiger partial charge in [0.1, 0.15) is 5.52 Å². The van der Waals surface area contributed by atoms with Crippen molar-refractivity contribution in [3.63, 3.8) is 0 Å². The molecule has 0 saturated carbocycles. The zero-order valence-corrected chi connectivity index (χ0v) is 14.1. The average molecular weight is 336 g/mol. The van der Waals surface area contributed by atoms with Crippen LogP contribution in [0.1, 0.15) is 28.8 Å². The van der Waals surface area contributed by atoms with Gasteiger partial charge in [0, 0.05) is 24.3 Å². The van der Waals surface area contributed by atoms with Crippen molar-refractivity contribution in [2.24, 2.45) is 0 Å². The van der Waals surface area contributed by atoms with Gasteiger partial charge >= 0.3 is 0 Å². The summed E-state index contributed by atoms with van der Waals surface area (Å²) in [6.07, 6.45) is 2.20. The van der Waals surface area contributed by atoms with E-state index in [2.05, 4.69) is 10.5 Å². The minimum atomic E-state index is -0.103. The molecule has 1 aliphatic rings. The second-order valence-corrected chi connectivity index (χ2v) is 6.45. The number of nitrogens with zero attached hydrogens (tertiary/aromatic N) is 1. The van der Waals surface area contributed by atoms with Crippen molar-refractivity contribution in [1.82, 2.24) is 10.5 Å². The molecule has 25 heavy (non-hydrogen) atoms. The summed E-state index contributed by atoms with van der Waals surface area (Å²) in [7, 11) is 0. The van der Waals surface area contributed by atoms with Gasteiger partial charge in [-0.15, -0.1) is 0 Å². The Balaban J connectivity index is 1.59. The van der Waals surface area contributed by atoms with E-state index < -0.39 is 0 Å². The van der Waals surface area contributed by atoms with E-state index >= 15 is 0 Å². The van der Waals surface area contributed by atoms with E-state index in [9.17, 15) is 4.79 Å². The maximum Gasteiger partial charge on any atom is 0.251 e. The molecule has 1 atom stereocenters. The number of carbonyl (C=O) groups excluding carboxylic acids is 1. The Morgan fingerprint density at radius 2 is 2.08 bits per heavy atom. The normalized spacial score (nSPS) is 17.1. The third-order valence-electron chi connectivity index (χ3n) is 4.57. The summed E-state index contributed by atoms with van der Waals surface area (Å²) in [5.41, 5.74) is 3.47. The van der Waals surface area contributed by atoms with Crippen molar-refractivity contribution in [3.8, 4) is 11.3 Å². The van der Waals surface area contributed by atoms with Gasteiger partial charge < -0.3 is 14.6 Å². The Bertz CT molecular complexity index is 893. The molecule has 0 spiro atoms. The van der Waals surface area contributed by atoms with Crippen LogP contribution in [0, 0.1) is 6.92 Å².